The molecule has 0 bridgehead atoms. The van der Waals surface area contributed by atoms with Gasteiger partial charge in [0.1, 0.15) is 0 Å². The van der Waals surface area contributed by atoms with E-state index in [1.54, 1.807) is 0 Å². The van der Waals surface area contributed by atoms with E-state index in [0.717, 1.165) is 0 Å². The van der Waals surface area contributed by atoms with Gasteiger partial charge in [-0.2, -0.15) is 0 Å². The number of para-hydroxylation sites is 1. The topological polar surface area (TPSA) is 3.24 Å². The molecule has 0 heterocycles. The number of benzene rings is 7. The summed E-state index contributed by atoms with van der Waals surface area (Å²) in [6, 6.07) is 57.0. The van der Waals surface area contributed by atoms with Gasteiger partial charge in [0.25, 0.3) is 0 Å². The second-order valence-electron chi connectivity index (χ2n) is 16.5. The summed E-state index contributed by atoms with van der Waals surface area (Å²) in [7, 11) is 0. The molecule has 0 spiro atoms. The Kier molecular flexibility index (Phi) is 6.39. The quantitative estimate of drug-likeness (QED) is 0.180. The zero-order valence-electron chi connectivity index (χ0n) is 30.9. The molecule has 0 saturated heterocycles. The van der Waals surface area contributed by atoms with Gasteiger partial charge >= 0.3 is 0 Å². The molecule has 0 atom stereocenters. The number of hydrogen-bond acceptors (Lipinski definition) is 1. The fourth-order valence-corrected chi connectivity index (χ4v) is 10.1. The Morgan fingerprint density at radius 1 is 0.346 bits per heavy atom. The first-order chi connectivity index (χ1) is 25.1. The Labute approximate surface area is 308 Å². The van der Waals surface area contributed by atoms with Crippen molar-refractivity contribution < 1.29 is 0 Å². The lowest BCUT2D eigenvalue weighted by Crippen LogP contribution is -2.26. The minimum Gasteiger partial charge on any atom is -0.309 e. The third kappa shape index (κ3) is 4.05. The first-order valence-electron chi connectivity index (χ1n) is 18.7. The van der Waals surface area contributed by atoms with E-state index in [0.29, 0.717) is 0 Å². The van der Waals surface area contributed by atoms with Crippen LogP contribution in [0.5, 0.6) is 0 Å². The number of fused-ring (bicyclic) bond motifs is 9. The van der Waals surface area contributed by atoms with Crippen LogP contribution < -0.4 is 4.90 Å². The van der Waals surface area contributed by atoms with E-state index in [1.165, 1.54) is 95.0 Å². The first-order valence-corrected chi connectivity index (χ1v) is 18.7. The molecule has 0 aliphatic heterocycles. The molecule has 0 saturated carbocycles. The van der Waals surface area contributed by atoms with Crippen LogP contribution in [-0.4, -0.2) is 0 Å². The lowest BCUT2D eigenvalue weighted by atomic mass is 9.75. The van der Waals surface area contributed by atoms with E-state index in [-0.39, 0.29) is 16.2 Å². The summed E-state index contributed by atoms with van der Waals surface area (Å²) in [5.41, 5.74) is 22.0. The van der Waals surface area contributed by atoms with Crippen LogP contribution in [-0.2, 0) is 16.2 Å². The van der Waals surface area contributed by atoms with Crippen LogP contribution in [0, 0.1) is 0 Å². The van der Waals surface area contributed by atoms with E-state index in [2.05, 4.69) is 198 Å². The highest BCUT2D eigenvalue weighted by atomic mass is 15.2. The predicted molar refractivity (Wildman–Crippen MR) is 219 cm³/mol. The van der Waals surface area contributed by atoms with E-state index < -0.39 is 0 Å². The summed E-state index contributed by atoms with van der Waals surface area (Å²) in [5, 5.41) is 0. The zero-order valence-corrected chi connectivity index (χ0v) is 30.9. The smallest absolute Gasteiger partial charge is 0.0556 e. The van der Waals surface area contributed by atoms with Crippen LogP contribution in [0.2, 0.25) is 0 Å². The molecular formula is C51H43N. The molecule has 7 aromatic carbocycles. The molecular weight excluding hydrogens is 627 g/mol. The third-order valence-electron chi connectivity index (χ3n) is 12.6. The summed E-state index contributed by atoms with van der Waals surface area (Å²) in [5.74, 6) is 0. The molecule has 0 radical (unpaired) electrons. The van der Waals surface area contributed by atoms with Crippen molar-refractivity contribution in [1.29, 1.82) is 0 Å². The van der Waals surface area contributed by atoms with Gasteiger partial charge in [-0.1, -0.05) is 169 Å². The minimum absolute atomic E-state index is 0.0697. The maximum absolute atomic E-state index is 2.65. The molecule has 252 valence electrons. The summed E-state index contributed by atoms with van der Waals surface area (Å²) in [4.78, 5) is 2.65. The van der Waals surface area contributed by atoms with Crippen LogP contribution in [0.1, 0.15) is 74.9 Å². The second-order valence-corrected chi connectivity index (χ2v) is 16.5. The van der Waals surface area contributed by atoms with Crippen LogP contribution in [0.25, 0.3) is 44.5 Å². The Bertz CT molecular complexity index is 2520. The predicted octanol–water partition coefficient (Wildman–Crippen LogP) is 13.7. The number of nitrogens with zero attached hydrogens (tertiary/aromatic N) is 1. The summed E-state index contributed by atoms with van der Waals surface area (Å²) in [6.45, 7) is 14.5. The molecule has 0 fully saturated rings. The molecule has 3 aliphatic carbocycles. The van der Waals surface area contributed by atoms with Gasteiger partial charge in [-0.05, 0) is 96.6 Å². The Balaban J connectivity index is 1.37. The van der Waals surface area contributed by atoms with Crippen molar-refractivity contribution in [1.82, 2.24) is 0 Å². The Morgan fingerprint density at radius 3 is 1.37 bits per heavy atom. The van der Waals surface area contributed by atoms with Gasteiger partial charge < -0.3 is 4.90 Å². The van der Waals surface area contributed by atoms with Crippen LogP contribution in [0.3, 0.4) is 0 Å². The average molecular weight is 670 g/mol. The van der Waals surface area contributed by atoms with Crippen molar-refractivity contribution in [2.24, 2.45) is 0 Å². The van der Waals surface area contributed by atoms with Crippen LogP contribution >= 0.6 is 0 Å². The monoisotopic (exact) mass is 669 g/mol. The fourth-order valence-electron chi connectivity index (χ4n) is 10.1. The van der Waals surface area contributed by atoms with E-state index >= 15 is 0 Å². The molecule has 0 N–H and O–H groups in total. The summed E-state index contributed by atoms with van der Waals surface area (Å²) in [6.07, 6.45) is 0. The van der Waals surface area contributed by atoms with Crippen molar-refractivity contribution in [3.63, 3.8) is 0 Å². The van der Waals surface area contributed by atoms with E-state index in [1.807, 2.05) is 0 Å². The highest BCUT2D eigenvalue weighted by Crippen LogP contribution is 2.63. The molecule has 0 unspecified atom stereocenters. The van der Waals surface area contributed by atoms with Crippen molar-refractivity contribution in [2.45, 2.75) is 57.8 Å². The molecule has 7 aromatic rings. The second kappa shape index (κ2) is 10.7. The van der Waals surface area contributed by atoms with Gasteiger partial charge in [-0.15, -0.1) is 0 Å². The molecule has 1 heteroatoms. The van der Waals surface area contributed by atoms with Crippen LogP contribution in [0.15, 0.2) is 152 Å². The van der Waals surface area contributed by atoms with Gasteiger partial charge in [0.05, 0.1) is 11.4 Å². The van der Waals surface area contributed by atoms with E-state index in [4.69, 9.17) is 0 Å². The molecule has 52 heavy (non-hydrogen) atoms. The van der Waals surface area contributed by atoms with Crippen LogP contribution in [0.4, 0.5) is 17.1 Å². The van der Waals surface area contributed by atoms with Crippen molar-refractivity contribution in [2.75, 3.05) is 4.90 Å². The highest BCUT2D eigenvalue weighted by Gasteiger charge is 2.47. The number of anilines is 3. The van der Waals surface area contributed by atoms with Gasteiger partial charge in [0, 0.05) is 27.5 Å². The molecule has 0 aromatic heterocycles. The largest absolute Gasteiger partial charge is 0.309 e. The fraction of sp³-hybridized carbons (Fsp3) is 0.176. The maximum Gasteiger partial charge on any atom is 0.0556 e. The summed E-state index contributed by atoms with van der Waals surface area (Å²) < 4.78 is 0. The maximum atomic E-state index is 2.65. The Morgan fingerprint density at radius 2 is 0.788 bits per heavy atom. The molecule has 0 amide bonds. The molecule has 1 nitrogen and oxygen atoms in total. The van der Waals surface area contributed by atoms with Crippen molar-refractivity contribution >= 4 is 17.1 Å². The van der Waals surface area contributed by atoms with Gasteiger partial charge in [0.15, 0.2) is 0 Å². The number of rotatable bonds is 4. The normalized spacial score (nSPS) is 16.0. The standard InChI is InChI=1S/C51H43N/c1-49(2)41-24-14-10-21-35(41)38-30-33(28-29-44(38)49)52(45-27-17-13-20-34(45)32-18-8-7-9-19-32)48-46-39(36-22-11-15-25-42(36)50(46,3)4)31-40-37-23-12-16-26-43(37)51(5,6)47(40)48/h7-31H,1-6H3. The number of hydrogen-bond donors (Lipinski definition) is 0. The van der Waals surface area contributed by atoms with Gasteiger partial charge in [0.2, 0.25) is 0 Å². The SMILES string of the molecule is CC1(C)c2ccccc2-c2cc(N(c3ccccc3-c3ccccc3)c3c4c(cc5c3C(C)(C)c3ccccc3-5)-c3ccccc3C4(C)C)ccc21. The average Bonchev–Trinajstić information content (AvgIpc) is 3.65. The molecule has 3 aliphatic rings. The van der Waals surface area contributed by atoms with Crippen molar-refractivity contribution in [3.8, 4) is 44.5 Å². The van der Waals surface area contributed by atoms with Crippen molar-refractivity contribution in [3.05, 3.63) is 185 Å². The zero-order chi connectivity index (χ0) is 35.6. The van der Waals surface area contributed by atoms with E-state index in [9.17, 15) is 0 Å². The lowest BCUT2D eigenvalue weighted by molar-refractivity contribution is 0.640. The van der Waals surface area contributed by atoms with Gasteiger partial charge in [-0.3, -0.25) is 0 Å². The third-order valence-corrected chi connectivity index (χ3v) is 12.6. The summed E-state index contributed by atoms with van der Waals surface area (Å²) >= 11 is 0. The molecule has 10 rings (SSSR count). The lowest BCUT2D eigenvalue weighted by Gasteiger charge is -2.38. The minimum atomic E-state index is -0.230. The Hall–Kier alpha value is -5.66. The first kappa shape index (κ1) is 31.1. The van der Waals surface area contributed by atoms with Gasteiger partial charge in [-0.25, -0.2) is 0 Å². The highest BCUT2D eigenvalue weighted by molar-refractivity contribution is 6.02.